The number of rotatable bonds is 4. The van der Waals surface area contributed by atoms with Crippen molar-refractivity contribution in [2.24, 2.45) is 0 Å². The highest BCUT2D eigenvalue weighted by Gasteiger charge is 2.19. The van der Waals surface area contributed by atoms with Crippen molar-refractivity contribution in [2.75, 3.05) is 0 Å². The second-order valence-electron chi connectivity index (χ2n) is 4.75. The van der Waals surface area contributed by atoms with E-state index >= 15 is 0 Å². The maximum absolute atomic E-state index is 13.7. The van der Waals surface area contributed by atoms with Gasteiger partial charge in [-0.25, -0.2) is 4.39 Å². The second-order valence-corrected chi connectivity index (χ2v) is 5.66. The Morgan fingerprint density at radius 2 is 1.62 bits per heavy atom. The molecular formula is C16H14BrF3O. The zero-order valence-electron chi connectivity index (χ0n) is 11.5. The van der Waals surface area contributed by atoms with Gasteiger partial charge in [0, 0.05) is 5.56 Å². The molecule has 0 N–H and O–H groups in total. The van der Waals surface area contributed by atoms with Crippen molar-refractivity contribution in [3.05, 3.63) is 64.5 Å². The number of ether oxygens (including phenoxy) is 1. The van der Waals surface area contributed by atoms with Crippen LogP contribution in [0, 0.1) is 19.7 Å². The molecule has 1 nitrogen and oxygen atoms in total. The number of hydrogen-bond acceptors (Lipinski definition) is 1. The van der Waals surface area contributed by atoms with Crippen LogP contribution in [-0.4, -0.2) is 6.61 Å². The normalized spacial score (nSPS) is 12.5. The summed E-state index contributed by atoms with van der Waals surface area (Å²) in [4.78, 5) is -0.356. The molecular weight excluding hydrogens is 345 g/mol. The van der Waals surface area contributed by atoms with Crippen molar-refractivity contribution in [1.82, 2.24) is 0 Å². The summed E-state index contributed by atoms with van der Waals surface area (Å²) < 4.78 is 43.1. The van der Waals surface area contributed by atoms with Gasteiger partial charge in [0.25, 0.3) is 0 Å². The van der Waals surface area contributed by atoms with Crippen LogP contribution in [0.15, 0.2) is 36.4 Å². The van der Waals surface area contributed by atoms with E-state index in [-0.39, 0.29) is 16.4 Å². The van der Waals surface area contributed by atoms with Gasteiger partial charge in [0.15, 0.2) is 0 Å². The molecule has 0 aromatic heterocycles. The van der Waals surface area contributed by atoms with E-state index in [9.17, 15) is 13.2 Å². The Balaban J connectivity index is 2.43. The van der Waals surface area contributed by atoms with Crippen LogP contribution in [0.2, 0.25) is 0 Å². The first-order chi connectivity index (χ1) is 9.90. The van der Waals surface area contributed by atoms with E-state index < -0.39 is 6.61 Å². The molecule has 0 bridgehead atoms. The van der Waals surface area contributed by atoms with E-state index in [2.05, 4.69) is 20.7 Å². The van der Waals surface area contributed by atoms with Gasteiger partial charge in [-0.2, -0.15) is 8.78 Å². The zero-order valence-corrected chi connectivity index (χ0v) is 13.1. The Hall–Kier alpha value is -1.49. The standard InChI is InChI=1S/C16H14BrF3O/c1-9-7-11(8-10(2)15(9)18)14(17)12-5-3-4-6-13(12)21-16(19)20/h3-8,14,16H,1-2H3. The van der Waals surface area contributed by atoms with Crippen LogP contribution in [0.5, 0.6) is 5.75 Å². The molecule has 5 heteroatoms. The molecule has 0 saturated heterocycles. The third kappa shape index (κ3) is 3.59. The first-order valence-electron chi connectivity index (χ1n) is 6.34. The lowest BCUT2D eigenvalue weighted by molar-refractivity contribution is -0.0503. The molecule has 1 unspecified atom stereocenters. The summed E-state index contributed by atoms with van der Waals surface area (Å²) in [7, 11) is 0. The number of benzene rings is 2. The lowest BCUT2D eigenvalue weighted by Crippen LogP contribution is -2.06. The van der Waals surface area contributed by atoms with E-state index in [1.807, 2.05) is 0 Å². The van der Waals surface area contributed by atoms with Gasteiger partial charge < -0.3 is 4.74 Å². The third-order valence-corrected chi connectivity index (χ3v) is 4.18. The van der Waals surface area contributed by atoms with Gasteiger partial charge in [-0.15, -0.1) is 0 Å². The molecule has 2 rings (SSSR count). The fraction of sp³-hybridized carbons (Fsp3) is 0.250. The van der Waals surface area contributed by atoms with Crippen molar-refractivity contribution in [2.45, 2.75) is 25.3 Å². The molecule has 112 valence electrons. The van der Waals surface area contributed by atoms with Gasteiger partial charge in [0.2, 0.25) is 0 Å². The van der Waals surface area contributed by atoms with Crippen molar-refractivity contribution in [3.63, 3.8) is 0 Å². The van der Waals surface area contributed by atoms with Crippen molar-refractivity contribution >= 4 is 15.9 Å². The van der Waals surface area contributed by atoms with Gasteiger partial charge in [0.1, 0.15) is 11.6 Å². The van der Waals surface area contributed by atoms with Crippen molar-refractivity contribution in [1.29, 1.82) is 0 Å². The van der Waals surface area contributed by atoms with E-state index in [1.165, 1.54) is 6.07 Å². The Morgan fingerprint density at radius 1 is 1.05 bits per heavy atom. The van der Waals surface area contributed by atoms with Crippen molar-refractivity contribution < 1.29 is 17.9 Å². The van der Waals surface area contributed by atoms with E-state index in [4.69, 9.17) is 0 Å². The summed E-state index contributed by atoms with van der Waals surface area (Å²) in [5.41, 5.74) is 2.39. The molecule has 1 atom stereocenters. The molecule has 0 heterocycles. The fourth-order valence-electron chi connectivity index (χ4n) is 2.20. The quantitative estimate of drug-likeness (QED) is 0.653. The minimum Gasteiger partial charge on any atom is -0.434 e. The van der Waals surface area contributed by atoms with Crippen LogP contribution in [0.25, 0.3) is 0 Å². The Bertz CT molecular complexity index is 620. The molecule has 0 spiro atoms. The Labute approximate surface area is 129 Å². The lowest BCUT2D eigenvalue weighted by Gasteiger charge is -2.17. The lowest BCUT2D eigenvalue weighted by atomic mass is 9.99. The minimum absolute atomic E-state index is 0.106. The Kier molecular flexibility index (Phi) is 4.93. The molecule has 0 radical (unpaired) electrons. The van der Waals surface area contributed by atoms with Crippen LogP contribution >= 0.6 is 15.9 Å². The summed E-state index contributed by atoms with van der Waals surface area (Å²) in [5, 5.41) is 0. The molecule has 0 amide bonds. The maximum atomic E-state index is 13.7. The first kappa shape index (κ1) is 15.9. The highest BCUT2D eigenvalue weighted by Crippen LogP contribution is 2.38. The largest absolute Gasteiger partial charge is 0.434 e. The van der Waals surface area contributed by atoms with Crippen LogP contribution in [0.4, 0.5) is 13.2 Å². The second kappa shape index (κ2) is 6.52. The van der Waals surface area contributed by atoms with Crippen LogP contribution in [-0.2, 0) is 0 Å². The summed E-state index contributed by atoms with van der Waals surface area (Å²) in [5.74, 6) is -0.149. The Morgan fingerprint density at radius 3 is 2.19 bits per heavy atom. The molecule has 0 saturated carbocycles. The summed E-state index contributed by atoms with van der Waals surface area (Å²) in [6.07, 6.45) is 0. The predicted octanol–water partition coefficient (Wildman–Crippen LogP) is 5.53. The topological polar surface area (TPSA) is 9.23 Å². The van der Waals surface area contributed by atoms with E-state index in [0.29, 0.717) is 16.7 Å². The van der Waals surface area contributed by atoms with Crippen molar-refractivity contribution in [3.8, 4) is 5.75 Å². The third-order valence-electron chi connectivity index (χ3n) is 3.16. The number of alkyl halides is 3. The number of para-hydroxylation sites is 1. The molecule has 0 aliphatic rings. The molecule has 0 aliphatic carbocycles. The van der Waals surface area contributed by atoms with Gasteiger partial charge in [0.05, 0.1) is 4.83 Å². The monoisotopic (exact) mass is 358 g/mol. The molecule has 0 aliphatic heterocycles. The minimum atomic E-state index is -2.89. The van der Waals surface area contributed by atoms with Crippen LogP contribution < -0.4 is 4.74 Å². The molecule has 2 aromatic carbocycles. The number of aryl methyl sites for hydroxylation is 2. The molecule has 0 fully saturated rings. The average molecular weight is 359 g/mol. The first-order valence-corrected chi connectivity index (χ1v) is 7.26. The summed E-state index contributed by atoms with van der Waals surface area (Å²) in [6, 6.07) is 9.94. The highest BCUT2D eigenvalue weighted by atomic mass is 79.9. The van der Waals surface area contributed by atoms with Crippen LogP contribution in [0.3, 0.4) is 0 Å². The van der Waals surface area contributed by atoms with Gasteiger partial charge in [-0.3, -0.25) is 0 Å². The van der Waals surface area contributed by atoms with Gasteiger partial charge >= 0.3 is 6.61 Å². The summed E-state index contributed by atoms with van der Waals surface area (Å²) in [6.45, 7) is 0.461. The zero-order chi connectivity index (χ0) is 15.6. The van der Waals surface area contributed by atoms with E-state index in [0.717, 1.165) is 5.56 Å². The molecule has 21 heavy (non-hydrogen) atoms. The average Bonchev–Trinajstić information content (AvgIpc) is 2.43. The summed E-state index contributed by atoms with van der Waals surface area (Å²) >= 11 is 3.48. The fourth-order valence-corrected chi connectivity index (χ4v) is 2.84. The predicted molar refractivity (Wildman–Crippen MR) is 79.7 cm³/mol. The molecule has 2 aromatic rings. The van der Waals surface area contributed by atoms with Gasteiger partial charge in [-0.1, -0.05) is 46.3 Å². The van der Waals surface area contributed by atoms with Gasteiger partial charge in [-0.05, 0) is 36.6 Å². The number of hydrogen-bond donors (Lipinski definition) is 0. The van der Waals surface area contributed by atoms with E-state index in [1.54, 1.807) is 44.2 Å². The van der Waals surface area contributed by atoms with Crippen LogP contribution in [0.1, 0.15) is 27.1 Å². The smallest absolute Gasteiger partial charge is 0.387 e. The SMILES string of the molecule is Cc1cc(C(Br)c2ccccc2OC(F)F)cc(C)c1F. The number of halogens is 4. The highest BCUT2D eigenvalue weighted by molar-refractivity contribution is 9.09. The maximum Gasteiger partial charge on any atom is 0.387 e.